The van der Waals surface area contributed by atoms with Crippen LogP contribution < -0.4 is 4.74 Å². The largest absolute Gasteiger partial charge is 0.487 e. The summed E-state index contributed by atoms with van der Waals surface area (Å²) in [7, 11) is 0. The molecule has 3 rings (SSSR count). The molecule has 1 atom stereocenters. The van der Waals surface area contributed by atoms with E-state index in [1.165, 1.54) is 5.56 Å². The number of nitrogens with zero attached hydrogens (tertiary/aromatic N) is 2. The minimum atomic E-state index is -0.304. The normalized spacial score (nSPS) is 17.5. The van der Waals surface area contributed by atoms with Crippen molar-refractivity contribution in [2.75, 3.05) is 0 Å². The molecule has 1 aliphatic carbocycles. The standard InChI is InChI=1S/C16H20N2O2/c1-11(2)18-10-17-8-13(18)9-20-14-4-5-15-12(7-14)3-6-16(15)19/h4-5,7-8,10-11,16,19H,3,6,9H2,1-2H3/t16-/m0/s1. The Morgan fingerprint density at radius 1 is 1.45 bits per heavy atom. The summed E-state index contributed by atoms with van der Waals surface area (Å²) in [6, 6.07) is 6.33. The van der Waals surface area contributed by atoms with Gasteiger partial charge in [-0.15, -0.1) is 0 Å². The maximum Gasteiger partial charge on any atom is 0.130 e. The smallest absolute Gasteiger partial charge is 0.130 e. The van der Waals surface area contributed by atoms with Crippen molar-refractivity contribution in [3.05, 3.63) is 47.5 Å². The molecule has 0 aliphatic heterocycles. The van der Waals surface area contributed by atoms with Gasteiger partial charge in [0.15, 0.2) is 0 Å². The minimum absolute atomic E-state index is 0.304. The third-order valence-corrected chi connectivity index (χ3v) is 3.85. The molecule has 1 aromatic heterocycles. The summed E-state index contributed by atoms with van der Waals surface area (Å²) in [5.74, 6) is 0.856. The van der Waals surface area contributed by atoms with E-state index in [0.29, 0.717) is 12.6 Å². The van der Waals surface area contributed by atoms with Crippen LogP contribution in [0.15, 0.2) is 30.7 Å². The highest BCUT2D eigenvalue weighted by Crippen LogP contribution is 2.33. The number of benzene rings is 1. The van der Waals surface area contributed by atoms with Gasteiger partial charge in [0.05, 0.1) is 24.3 Å². The molecule has 20 heavy (non-hydrogen) atoms. The number of hydrogen-bond donors (Lipinski definition) is 1. The number of aliphatic hydroxyl groups is 1. The first-order valence-corrected chi connectivity index (χ1v) is 7.09. The summed E-state index contributed by atoms with van der Waals surface area (Å²) in [5, 5.41) is 9.80. The topological polar surface area (TPSA) is 47.3 Å². The third-order valence-electron chi connectivity index (χ3n) is 3.85. The van der Waals surface area contributed by atoms with E-state index in [9.17, 15) is 5.11 Å². The quantitative estimate of drug-likeness (QED) is 0.930. The maximum atomic E-state index is 9.80. The molecule has 4 nitrogen and oxygen atoms in total. The Morgan fingerprint density at radius 2 is 2.30 bits per heavy atom. The summed E-state index contributed by atoms with van der Waals surface area (Å²) in [5.41, 5.74) is 3.32. The van der Waals surface area contributed by atoms with Crippen molar-refractivity contribution in [3.8, 4) is 5.75 Å². The van der Waals surface area contributed by atoms with Gasteiger partial charge < -0.3 is 14.4 Å². The number of ether oxygens (including phenoxy) is 1. The first-order valence-electron chi connectivity index (χ1n) is 7.09. The molecule has 0 bridgehead atoms. The van der Waals surface area contributed by atoms with E-state index in [0.717, 1.165) is 29.8 Å². The highest BCUT2D eigenvalue weighted by atomic mass is 16.5. The first kappa shape index (κ1) is 13.2. The van der Waals surface area contributed by atoms with E-state index in [1.807, 2.05) is 30.7 Å². The van der Waals surface area contributed by atoms with Crippen LogP contribution in [0.5, 0.6) is 5.75 Å². The van der Waals surface area contributed by atoms with Crippen molar-refractivity contribution in [1.29, 1.82) is 0 Å². The maximum absolute atomic E-state index is 9.80. The average Bonchev–Trinajstić information content (AvgIpc) is 3.03. The van der Waals surface area contributed by atoms with Crippen molar-refractivity contribution in [2.24, 2.45) is 0 Å². The van der Waals surface area contributed by atoms with Crippen LogP contribution in [0.4, 0.5) is 0 Å². The molecular weight excluding hydrogens is 252 g/mol. The Balaban J connectivity index is 1.71. The molecule has 4 heteroatoms. The second-order valence-electron chi connectivity index (χ2n) is 5.59. The van der Waals surface area contributed by atoms with E-state index < -0.39 is 0 Å². The van der Waals surface area contributed by atoms with Gasteiger partial charge in [0.2, 0.25) is 0 Å². The summed E-state index contributed by atoms with van der Waals surface area (Å²) >= 11 is 0. The second-order valence-corrected chi connectivity index (χ2v) is 5.59. The Labute approximate surface area is 119 Å². The molecule has 0 saturated heterocycles. The van der Waals surface area contributed by atoms with Crippen molar-refractivity contribution >= 4 is 0 Å². The van der Waals surface area contributed by atoms with Crippen molar-refractivity contribution in [3.63, 3.8) is 0 Å². The van der Waals surface area contributed by atoms with Gasteiger partial charge in [-0.3, -0.25) is 0 Å². The van der Waals surface area contributed by atoms with Gasteiger partial charge in [0.25, 0.3) is 0 Å². The zero-order valence-electron chi connectivity index (χ0n) is 11.9. The summed E-state index contributed by atoms with van der Waals surface area (Å²) < 4.78 is 7.97. The first-order chi connectivity index (χ1) is 9.65. The van der Waals surface area contributed by atoms with Gasteiger partial charge in [0, 0.05) is 6.04 Å². The van der Waals surface area contributed by atoms with E-state index in [2.05, 4.69) is 23.4 Å². The molecule has 1 N–H and O–H groups in total. The number of aromatic nitrogens is 2. The lowest BCUT2D eigenvalue weighted by molar-refractivity contribution is 0.180. The van der Waals surface area contributed by atoms with Crippen molar-refractivity contribution in [2.45, 2.75) is 45.4 Å². The molecule has 0 unspecified atom stereocenters. The van der Waals surface area contributed by atoms with Gasteiger partial charge in [0.1, 0.15) is 12.4 Å². The van der Waals surface area contributed by atoms with Gasteiger partial charge in [-0.2, -0.15) is 0 Å². The Hall–Kier alpha value is -1.81. The number of aryl methyl sites for hydroxylation is 1. The number of imidazole rings is 1. The number of fused-ring (bicyclic) bond motifs is 1. The van der Waals surface area contributed by atoms with E-state index in [1.54, 1.807) is 0 Å². The SMILES string of the molecule is CC(C)n1cncc1COc1ccc2c(c1)CC[C@@H]2O. The molecule has 0 radical (unpaired) electrons. The molecule has 1 heterocycles. The van der Waals surface area contributed by atoms with Crippen LogP contribution in [0.2, 0.25) is 0 Å². The summed E-state index contributed by atoms with van der Waals surface area (Å²) in [4.78, 5) is 4.17. The minimum Gasteiger partial charge on any atom is -0.487 e. The molecule has 1 aromatic carbocycles. The van der Waals surface area contributed by atoms with Crippen molar-refractivity contribution < 1.29 is 9.84 Å². The fraction of sp³-hybridized carbons (Fsp3) is 0.438. The lowest BCUT2D eigenvalue weighted by Crippen LogP contribution is -2.07. The van der Waals surface area contributed by atoms with Gasteiger partial charge in [-0.1, -0.05) is 6.07 Å². The fourth-order valence-corrected chi connectivity index (χ4v) is 2.73. The molecule has 2 aromatic rings. The van der Waals surface area contributed by atoms with Crippen molar-refractivity contribution in [1.82, 2.24) is 9.55 Å². The summed E-state index contributed by atoms with van der Waals surface area (Å²) in [6.45, 7) is 4.77. The fourth-order valence-electron chi connectivity index (χ4n) is 2.73. The predicted octanol–water partition coefficient (Wildman–Crippen LogP) is 3.02. The molecule has 0 amide bonds. The van der Waals surface area contributed by atoms with Crippen LogP contribution >= 0.6 is 0 Å². The lowest BCUT2D eigenvalue weighted by Gasteiger charge is -2.13. The monoisotopic (exact) mass is 272 g/mol. The lowest BCUT2D eigenvalue weighted by atomic mass is 10.1. The zero-order chi connectivity index (χ0) is 14.1. The van der Waals surface area contributed by atoms with E-state index >= 15 is 0 Å². The van der Waals surface area contributed by atoms with Gasteiger partial charge in [-0.25, -0.2) is 4.98 Å². The molecule has 0 saturated carbocycles. The Kier molecular flexibility index (Phi) is 3.49. The van der Waals surface area contributed by atoms with E-state index in [4.69, 9.17) is 4.74 Å². The summed E-state index contributed by atoms with van der Waals surface area (Å²) in [6.07, 6.45) is 5.12. The molecule has 0 fully saturated rings. The van der Waals surface area contributed by atoms with Gasteiger partial charge >= 0.3 is 0 Å². The average molecular weight is 272 g/mol. The molecule has 1 aliphatic rings. The van der Waals surface area contributed by atoms with Crippen LogP contribution in [0, 0.1) is 0 Å². The highest BCUT2D eigenvalue weighted by molar-refractivity contribution is 5.39. The Bertz CT molecular complexity index is 604. The Morgan fingerprint density at radius 3 is 3.10 bits per heavy atom. The number of hydrogen-bond acceptors (Lipinski definition) is 3. The molecule has 0 spiro atoms. The number of rotatable bonds is 4. The molecular formula is C16H20N2O2. The number of aliphatic hydroxyl groups excluding tert-OH is 1. The third kappa shape index (κ3) is 2.43. The molecule has 106 valence electrons. The predicted molar refractivity (Wildman–Crippen MR) is 76.7 cm³/mol. The van der Waals surface area contributed by atoms with Crippen LogP contribution in [0.25, 0.3) is 0 Å². The van der Waals surface area contributed by atoms with Crippen LogP contribution in [-0.4, -0.2) is 14.7 Å². The zero-order valence-corrected chi connectivity index (χ0v) is 11.9. The van der Waals surface area contributed by atoms with Crippen LogP contribution in [-0.2, 0) is 13.0 Å². The van der Waals surface area contributed by atoms with Crippen LogP contribution in [0.1, 0.15) is 49.2 Å². The highest BCUT2D eigenvalue weighted by Gasteiger charge is 2.20. The van der Waals surface area contributed by atoms with Gasteiger partial charge in [-0.05, 0) is 49.9 Å². The second kappa shape index (κ2) is 5.29. The van der Waals surface area contributed by atoms with E-state index in [-0.39, 0.29) is 6.10 Å². The van der Waals surface area contributed by atoms with Crippen LogP contribution in [0.3, 0.4) is 0 Å².